The highest BCUT2D eigenvalue weighted by Gasteiger charge is 2.37. The van der Waals surface area contributed by atoms with E-state index in [-0.39, 0.29) is 91.6 Å². The summed E-state index contributed by atoms with van der Waals surface area (Å²) in [6.45, 7) is 4.72. The molecule has 0 heteroatoms. The summed E-state index contributed by atoms with van der Waals surface area (Å²) in [5.41, 5.74) is 20.0. The Morgan fingerprint density at radius 2 is 0.468 bits per heavy atom. The first-order valence-electron chi connectivity index (χ1n) is 45.0. The molecule has 0 bridgehead atoms. The molecule has 0 amide bonds. The van der Waals surface area contributed by atoms with Crippen LogP contribution in [-0.4, -0.2) is 0 Å². The fraction of sp³-hybridized carbons (Fsp3) is 0.0270. The normalized spacial score (nSPS) is 14.0. The van der Waals surface area contributed by atoms with Gasteiger partial charge in [0, 0.05) is 5.41 Å². The number of rotatable bonds is 8. The minimum absolute atomic E-state index is 0.0317. The second-order valence-electron chi connectivity index (χ2n) is 28.7. The summed E-state index contributed by atoms with van der Waals surface area (Å²) in [5, 5.41) is 13.6. The standard InChI is InChI=1S/C45H32.C36H24.C30H20/c1-45(2)40-25-13-12-23-39(40)44-33(24-14-26-41(44)45)32-27-28-38(31-18-7-6-17-30(31)32)43-36-21-10-8-19-34(36)42(29-15-4-3-5-16-29)35-20-9-11-22-37(35)43;1-3-13-25(14-4-1)27-21-11-23-29-28(27)22-12-24-30(29)36-33-19-9-7-17-31(33)35(26-15-5-2-6-16-26)32-18-8-10-20-34(32)36;1-2-11-22(12-3-1)29-25-14-6-8-16-27(25)30(28-17-9-7-15-26(28)29)24-19-18-21-10-4-5-13-23(21)20-24/h3-28H,1-2H3;1-24H;1-20H/i;7D,8D,9D,10D,17D,18D,19D,20D;4D,5D,10D,13D,18D,19D,20D. The fourth-order valence-corrected chi connectivity index (χ4v) is 17.5. The highest BCUT2D eigenvalue weighted by atomic mass is 14.4. The zero-order chi connectivity index (χ0) is 87.0. The largest absolute Gasteiger partial charge is 0.0636 e. The molecule has 0 fully saturated rings. The molecule has 0 unspecified atom stereocenters. The van der Waals surface area contributed by atoms with Gasteiger partial charge in [-0.1, -0.05) is 432 Å². The Hall–Kier alpha value is -14.0. The Bertz CT molecular complexity index is 7960. The molecular weight excluding hydrogens is 1330 g/mol. The SMILES string of the molecule is CC1(C)c2ccccc2-c2c(-c3ccc(-c4c5ccccc5c(-c5ccccc5)c5ccccc45)c4ccccc34)cccc21.[2H]c1c([2H])c([2H])c2c(-c3cccc4c(-c5ccccc5)cccc34)c3c([2H])c([2H])c([2H])c([2H])c3c(-c3ccccc3)c2c1[2H].[2H]c1c([2H])c([2H])c2c([2H])c(-c3c4ccccc4c(-c4ccccc4)c4ccccc34)c([2H])c([2H])c2c1[2H]. The topological polar surface area (TPSA) is 0 Å². The first-order valence-corrected chi connectivity index (χ1v) is 37.5. The lowest BCUT2D eigenvalue weighted by Crippen LogP contribution is -2.14. The third-order valence-electron chi connectivity index (χ3n) is 22.3. The number of hydrogen-bond acceptors (Lipinski definition) is 0. The van der Waals surface area contributed by atoms with E-state index in [1.165, 1.54) is 88.0 Å². The second-order valence-corrected chi connectivity index (χ2v) is 28.7. The van der Waals surface area contributed by atoms with Crippen LogP contribution in [0.1, 0.15) is 45.5 Å². The maximum atomic E-state index is 9.17. The van der Waals surface area contributed by atoms with Crippen molar-refractivity contribution in [2.75, 3.05) is 0 Å². The lowest BCUT2D eigenvalue weighted by molar-refractivity contribution is 0.660. The summed E-state index contributed by atoms with van der Waals surface area (Å²) >= 11 is 0. The molecule has 21 aromatic carbocycles. The quantitative estimate of drug-likeness (QED) is 0.133. The van der Waals surface area contributed by atoms with Gasteiger partial charge in [0.1, 0.15) is 0 Å². The van der Waals surface area contributed by atoms with Crippen molar-refractivity contribution in [1.29, 1.82) is 0 Å². The molecule has 0 radical (unpaired) electrons. The minimum Gasteiger partial charge on any atom is -0.0622 e. The fourth-order valence-electron chi connectivity index (χ4n) is 17.5. The van der Waals surface area contributed by atoms with E-state index in [4.69, 9.17) is 17.8 Å². The van der Waals surface area contributed by atoms with Gasteiger partial charge in [0.15, 0.2) is 0 Å². The van der Waals surface area contributed by atoms with Gasteiger partial charge in [-0.05, 0) is 214 Å². The van der Waals surface area contributed by atoms with Gasteiger partial charge >= 0.3 is 0 Å². The van der Waals surface area contributed by atoms with Crippen molar-refractivity contribution < 1.29 is 20.6 Å². The Kier molecular flexibility index (Phi) is 13.1. The molecule has 21 aromatic rings. The zero-order valence-corrected chi connectivity index (χ0v) is 60.8. The van der Waals surface area contributed by atoms with Crippen molar-refractivity contribution in [2.45, 2.75) is 19.3 Å². The van der Waals surface area contributed by atoms with E-state index < -0.39 is 42.3 Å². The second kappa shape index (κ2) is 27.9. The Balaban J connectivity index is 0.000000120. The van der Waals surface area contributed by atoms with Crippen LogP contribution in [-0.2, 0) is 5.41 Å². The molecule has 0 spiro atoms. The van der Waals surface area contributed by atoms with E-state index in [0.29, 0.717) is 27.8 Å². The van der Waals surface area contributed by atoms with Crippen molar-refractivity contribution >= 4 is 97.0 Å². The van der Waals surface area contributed by atoms with Crippen LogP contribution in [0, 0.1) is 0 Å². The van der Waals surface area contributed by atoms with E-state index in [0.717, 1.165) is 54.6 Å². The first-order chi connectivity index (χ1) is 61.2. The molecule has 0 atom stereocenters. The molecule has 0 N–H and O–H groups in total. The van der Waals surface area contributed by atoms with Crippen LogP contribution < -0.4 is 0 Å². The Morgan fingerprint density at radius 1 is 0.171 bits per heavy atom. The van der Waals surface area contributed by atoms with Gasteiger partial charge in [-0.25, -0.2) is 0 Å². The van der Waals surface area contributed by atoms with Gasteiger partial charge in [-0.2, -0.15) is 0 Å². The highest BCUT2D eigenvalue weighted by Crippen LogP contribution is 2.55. The summed E-state index contributed by atoms with van der Waals surface area (Å²) in [7, 11) is 0. The van der Waals surface area contributed by atoms with Crippen LogP contribution in [0.15, 0.2) is 424 Å². The van der Waals surface area contributed by atoms with E-state index in [9.17, 15) is 2.74 Å². The van der Waals surface area contributed by atoms with Crippen LogP contribution in [0.2, 0.25) is 0 Å². The van der Waals surface area contributed by atoms with Gasteiger partial charge in [-0.3, -0.25) is 0 Å². The lowest BCUT2D eigenvalue weighted by atomic mass is 9.81. The van der Waals surface area contributed by atoms with Crippen LogP contribution in [0.25, 0.3) is 197 Å². The first kappa shape index (κ1) is 52.1. The van der Waals surface area contributed by atoms with Crippen LogP contribution in [0.3, 0.4) is 0 Å². The summed E-state index contributed by atoms with van der Waals surface area (Å²) < 4.78 is 131. The van der Waals surface area contributed by atoms with Crippen LogP contribution in [0.4, 0.5) is 0 Å². The lowest BCUT2D eigenvalue weighted by Gasteiger charge is -2.22. The number of benzene rings is 21. The summed E-state index contributed by atoms with van der Waals surface area (Å²) in [4.78, 5) is 0. The molecule has 520 valence electrons. The minimum atomic E-state index is -0.472. The average Bonchev–Trinajstić information content (AvgIpc) is 0.919. The molecule has 0 aliphatic heterocycles. The molecule has 1 aliphatic rings. The van der Waals surface area contributed by atoms with Crippen molar-refractivity contribution in [2.24, 2.45) is 0 Å². The summed E-state index contributed by atoms with van der Waals surface area (Å²) in [6, 6.07) is 109. The van der Waals surface area contributed by atoms with Crippen molar-refractivity contribution in [3.8, 4) is 100 Å². The molecule has 0 saturated carbocycles. The van der Waals surface area contributed by atoms with Gasteiger partial charge in [0.2, 0.25) is 0 Å². The van der Waals surface area contributed by atoms with Gasteiger partial charge in [0.05, 0.1) is 20.6 Å². The maximum absolute atomic E-state index is 9.17. The van der Waals surface area contributed by atoms with E-state index >= 15 is 0 Å². The smallest absolute Gasteiger partial charge is 0.0622 e. The zero-order valence-electron chi connectivity index (χ0n) is 75.8. The van der Waals surface area contributed by atoms with Crippen molar-refractivity contribution in [3.05, 3.63) is 435 Å². The van der Waals surface area contributed by atoms with Crippen molar-refractivity contribution in [3.63, 3.8) is 0 Å². The van der Waals surface area contributed by atoms with Gasteiger partial charge in [-0.15, -0.1) is 0 Å². The molecule has 0 nitrogen and oxygen atoms in total. The predicted molar refractivity (Wildman–Crippen MR) is 478 cm³/mol. The predicted octanol–water partition coefficient (Wildman–Crippen LogP) is 31.1. The van der Waals surface area contributed by atoms with Crippen LogP contribution >= 0.6 is 0 Å². The number of hydrogen-bond donors (Lipinski definition) is 0. The van der Waals surface area contributed by atoms with Gasteiger partial charge < -0.3 is 0 Å². The summed E-state index contributed by atoms with van der Waals surface area (Å²) in [5.74, 6) is 0. The molecule has 111 heavy (non-hydrogen) atoms. The monoisotopic (exact) mass is 1420 g/mol. The average molecular weight is 1420 g/mol. The van der Waals surface area contributed by atoms with Gasteiger partial charge in [0.25, 0.3) is 0 Å². The molecule has 0 aromatic heterocycles. The van der Waals surface area contributed by atoms with E-state index in [1.807, 2.05) is 152 Å². The van der Waals surface area contributed by atoms with Crippen molar-refractivity contribution in [1.82, 2.24) is 0 Å². The number of fused-ring (bicyclic) bond motifs is 12. The molecular formula is C111H76. The van der Waals surface area contributed by atoms with Crippen LogP contribution in [0.5, 0.6) is 0 Å². The molecule has 22 rings (SSSR count). The highest BCUT2D eigenvalue weighted by molar-refractivity contribution is 6.27. The maximum Gasteiger partial charge on any atom is 0.0636 e. The third-order valence-corrected chi connectivity index (χ3v) is 22.3. The van der Waals surface area contributed by atoms with E-state index in [2.05, 4.69) is 172 Å². The summed E-state index contributed by atoms with van der Waals surface area (Å²) in [6.07, 6.45) is 0. The molecule has 0 heterocycles. The van der Waals surface area contributed by atoms with E-state index in [1.54, 1.807) is 24.3 Å². The Morgan fingerprint density at radius 3 is 0.964 bits per heavy atom. The molecule has 0 saturated heterocycles. The molecule has 1 aliphatic carbocycles. The Labute approximate surface area is 668 Å². The third kappa shape index (κ3) is 11.4.